The molecule has 0 radical (unpaired) electrons. The van der Waals surface area contributed by atoms with Crippen molar-refractivity contribution in [2.45, 2.75) is 13.5 Å². The molecule has 0 unspecified atom stereocenters. The van der Waals surface area contributed by atoms with Crippen LogP contribution in [0.2, 0.25) is 0 Å². The zero-order valence-electron chi connectivity index (χ0n) is 12.4. The molecule has 3 aromatic rings. The summed E-state index contributed by atoms with van der Waals surface area (Å²) in [5.74, 6) is 0. The van der Waals surface area contributed by atoms with Gasteiger partial charge in [0.25, 0.3) is 0 Å². The van der Waals surface area contributed by atoms with Crippen LogP contribution in [0.5, 0.6) is 0 Å². The third-order valence-electron chi connectivity index (χ3n) is 3.68. The molecule has 106 valence electrons. The van der Waals surface area contributed by atoms with Crippen molar-refractivity contribution in [2.24, 2.45) is 0 Å². The Labute approximate surface area is 125 Å². The van der Waals surface area contributed by atoms with Crippen molar-refractivity contribution in [3.05, 3.63) is 72.2 Å². The maximum atomic E-state index is 4.36. The van der Waals surface area contributed by atoms with Crippen molar-refractivity contribution in [2.75, 3.05) is 7.05 Å². The number of nitrogens with zero attached hydrogens (tertiary/aromatic N) is 2. The molecule has 0 aliphatic heterocycles. The lowest BCUT2D eigenvalue weighted by Crippen LogP contribution is -2.09. The summed E-state index contributed by atoms with van der Waals surface area (Å²) in [6.07, 6.45) is 3.81. The summed E-state index contributed by atoms with van der Waals surface area (Å²) in [4.78, 5) is 4.36. The first-order chi connectivity index (χ1) is 10.3. The van der Waals surface area contributed by atoms with E-state index in [0.717, 1.165) is 12.2 Å². The first kappa shape index (κ1) is 13.6. The highest BCUT2D eigenvalue weighted by Crippen LogP contribution is 2.26. The molecule has 21 heavy (non-hydrogen) atoms. The van der Waals surface area contributed by atoms with Crippen molar-refractivity contribution in [3.8, 4) is 16.9 Å². The van der Waals surface area contributed by atoms with E-state index in [2.05, 4.69) is 70.3 Å². The Bertz CT molecular complexity index is 743. The number of rotatable bonds is 4. The summed E-state index contributed by atoms with van der Waals surface area (Å²) in [7, 11) is 1.97. The quantitative estimate of drug-likeness (QED) is 0.790. The van der Waals surface area contributed by atoms with Crippen LogP contribution in [0.25, 0.3) is 16.9 Å². The molecule has 3 rings (SSSR count). The number of nitrogens with one attached hydrogen (secondary N) is 1. The summed E-state index contributed by atoms with van der Waals surface area (Å²) >= 11 is 0. The van der Waals surface area contributed by atoms with Crippen molar-refractivity contribution in [1.82, 2.24) is 14.9 Å². The predicted octanol–water partition coefficient (Wildman–Crippen LogP) is 3.57. The van der Waals surface area contributed by atoms with Gasteiger partial charge in [0.05, 0.1) is 23.9 Å². The Morgan fingerprint density at radius 3 is 2.62 bits per heavy atom. The fourth-order valence-corrected chi connectivity index (χ4v) is 2.63. The molecule has 3 nitrogen and oxygen atoms in total. The van der Waals surface area contributed by atoms with E-state index in [1.54, 1.807) is 0 Å². The van der Waals surface area contributed by atoms with Gasteiger partial charge in [0.2, 0.25) is 0 Å². The molecule has 0 spiro atoms. The van der Waals surface area contributed by atoms with Gasteiger partial charge >= 0.3 is 0 Å². The molecule has 0 bridgehead atoms. The third-order valence-corrected chi connectivity index (χ3v) is 3.68. The highest BCUT2D eigenvalue weighted by atomic mass is 15.1. The van der Waals surface area contributed by atoms with Crippen LogP contribution in [0.3, 0.4) is 0 Å². The van der Waals surface area contributed by atoms with Crippen LogP contribution in [0.1, 0.15) is 11.1 Å². The largest absolute Gasteiger partial charge is 0.316 e. The van der Waals surface area contributed by atoms with Crippen LogP contribution < -0.4 is 5.32 Å². The van der Waals surface area contributed by atoms with E-state index in [0.29, 0.717) is 0 Å². The molecule has 0 atom stereocenters. The molecule has 0 fully saturated rings. The number of imidazole rings is 1. The van der Waals surface area contributed by atoms with Crippen molar-refractivity contribution in [1.29, 1.82) is 0 Å². The van der Waals surface area contributed by atoms with Gasteiger partial charge < -0.3 is 5.32 Å². The van der Waals surface area contributed by atoms with Gasteiger partial charge in [-0.25, -0.2) is 4.98 Å². The average molecular weight is 277 g/mol. The normalized spacial score (nSPS) is 10.8. The van der Waals surface area contributed by atoms with E-state index < -0.39 is 0 Å². The number of aromatic nitrogens is 2. The Balaban J connectivity index is 2.14. The van der Waals surface area contributed by atoms with Gasteiger partial charge in [-0.3, -0.25) is 4.57 Å². The van der Waals surface area contributed by atoms with Crippen molar-refractivity contribution >= 4 is 0 Å². The summed E-state index contributed by atoms with van der Waals surface area (Å²) in [5.41, 5.74) is 6.02. The van der Waals surface area contributed by atoms with Gasteiger partial charge in [-0.2, -0.15) is 0 Å². The summed E-state index contributed by atoms with van der Waals surface area (Å²) in [6, 6.07) is 16.8. The van der Waals surface area contributed by atoms with Crippen molar-refractivity contribution < 1.29 is 0 Å². The lowest BCUT2D eigenvalue weighted by molar-refractivity contribution is 0.808. The first-order valence-corrected chi connectivity index (χ1v) is 7.12. The fraction of sp³-hybridized carbons (Fsp3) is 0.167. The minimum absolute atomic E-state index is 0.835. The molecular weight excluding hydrogens is 258 g/mol. The highest BCUT2D eigenvalue weighted by molar-refractivity contribution is 5.66. The second-order valence-corrected chi connectivity index (χ2v) is 5.12. The lowest BCUT2D eigenvalue weighted by Gasteiger charge is -2.14. The highest BCUT2D eigenvalue weighted by Gasteiger charge is 2.11. The smallest absolute Gasteiger partial charge is 0.0997 e. The van der Waals surface area contributed by atoms with Crippen LogP contribution in [0.15, 0.2) is 61.1 Å². The molecule has 3 heteroatoms. The Morgan fingerprint density at radius 2 is 1.81 bits per heavy atom. The van der Waals surface area contributed by atoms with Crippen LogP contribution in [0.4, 0.5) is 0 Å². The molecule has 2 aromatic carbocycles. The predicted molar refractivity (Wildman–Crippen MR) is 86.5 cm³/mol. The van der Waals surface area contributed by atoms with Gasteiger partial charge in [0, 0.05) is 12.1 Å². The Kier molecular flexibility index (Phi) is 3.84. The van der Waals surface area contributed by atoms with E-state index >= 15 is 0 Å². The molecule has 0 aliphatic rings. The number of aryl methyl sites for hydroxylation is 1. The van der Waals surface area contributed by atoms with Gasteiger partial charge in [-0.1, -0.05) is 42.5 Å². The van der Waals surface area contributed by atoms with E-state index in [9.17, 15) is 0 Å². The topological polar surface area (TPSA) is 29.9 Å². The molecule has 0 saturated heterocycles. The van der Waals surface area contributed by atoms with Gasteiger partial charge in [-0.05, 0) is 31.2 Å². The van der Waals surface area contributed by atoms with Crippen LogP contribution in [-0.2, 0) is 6.54 Å². The fourth-order valence-electron chi connectivity index (χ4n) is 2.63. The molecule has 0 amide bonds. The maximum Gasteiger partial charge on any atom is 0.0997 e. The SMILES string of the molecule is CNCc1ccccc1-n1cncc1-c1ccccc1C. The zero-order chi connectivity index (χ0) is 14.7. The zero-order valence-corrected chi connectivity index (χ0v) is 12.4. The number of hydrogen-bond donors (Lipinski definition) is 1. The van der Waals surface area contributed by atoms with E-state index in [1.165, 1.54) is 22.4 Å². The van der Waals surface area contributed by atoms with Crippen LogP contribution in [0, 0.1) is 6.92 Å². The van der Waals surface area contributed by atoms with E-state index in [1.807, 2.05) is 19.6 Å². The molecule has 1 heterocycles. The summed E-state index contributed by atoms with van der Waals surface area (Å²) in [6.45, 7) is 2.97. The Hall–Kier alpha value is -2.39. The lowest BCUT2D eigenvalue weighted by atomic mass is 10.1. The summed E-state index contributed by atoms with van der Waals surface area (Å²) < 4.78 is 2.16. The van der Waals surface area contributed by atoms with E-state index in [-0.39, 0.29) is 0 Å². The molecule has 0 saturated carbocycles. The first-order valence-electron chi connectivity index (χ1n) is 7.12. The monoisotopic (exact) mass is 277 g/mol. The minimum Gasteiger partial charge on any atom is -0.316 e. The number of para-hydroxylation sites is 1. The number of benzene rings is 2. The third kappa shape index (κ3) is 2.60. The van der Waals surface area contributed by atoms with Crippen LogP contribution in [-0.4, -0.2) is 16.6 Å². The van der Waals surface area contributed by atoms with Crippen LogP contribution >= 0.6 is 0 Å². The average Bonchev–Trinajstić information content (AvgIpc) is 2.98. The Morgan fingerprint density at radius 1 is 1.05 bits per heavy atom. The van der Waals surface area contributed by atoms with Crippen molar-refractivity contribution in [3.63, 3.8) is 0 Å². The minimum atomic E-state index is 0.835. The second kappa shape index (κ2) is 5.94. The van der Waals surface area contributed by atoms with Gasteiger partial charge in [0.15, 0.2) is 0 Å². The molecule has 0 aliphatic carbocycles. The summed E-state index contributed by atoms with van der Waals surface area (Å²) in [5, 5.41) is 3.22. The number of hydrogen-bond acceptors (Lipinski definition) is 2. The van der Waals surface area contributed by atoms with E-state index in [4.69, 9.17) is 0 Å². The van der Waals surface area contributed by atoms with Gasteiger partial charge in [-0.15, -0.1) is 0 Å². The van der Waals surface area contributed by atoms with Gasteiger partial charge in [0.1, 0.15) is 0 Å². The molecular formula is C18H19N3. The molecule has 1 aromatic heterocycles. The second-order valence-electron chi connectivity index (χ2n) is 5.12. The maximum absolute atomic E-state index is 4.36. The standard InChI is InChI=1S/C18H19N3/c1-14-7-3-5-9-16(14)18-12-20-13-21(18)17-10-6-4-8-15(17)11-19-2/h3-10,12-13,19H,11H2,1-2H3. The molecule has 1 N–H and O–H groups in total.